The SMILES string of the molecule is COc1ccc(-c2csc(NC(=O)[C@]3(C)CC3(Cl)Cl)c2C(=O)OC(C)C)cc1. The monoisotopic (exact) mass is 441 g/mol. The summed E-state index contributed by atoms with van der Waals surface area (Å²) in [7, 11) is 1.59. The number of carbonyl (C=O) groups is 2. The number of ether oxygens (including phenoxy) is 2. The number of alkyl halides is 2. The predicted molar refractivity (Wildman–Crippen MR) is 113 cm³/mol. The number of amides is 1. The Hall–Kier alpha value is -1.76. The van der Waals surface area contributed by atoms with Gasteiger partial charge in [0.1, 0.15) is 20.6 Å². The largest absolute Gasteiger partial charge is 0.497 e. The molecule has 3 rings (SSSR count). The van der Waals surface area contributed by atoms with Crippen LogP contribution in [0.25, 0.3) is 11.1 Å². The normalized spacial score (nSPS) is 20.0. The van der Waals surface area contributed by atoms with Crippen molar-refractivity contribution < 1.29 is 19.1 Å². The molecular weight excluding hydrogens is 421 g/mol. The minimum Gasteiger partial charge on any atom is -0.497 e. The molecule has 1 aromatic heterocycles. The summed E-state index contributed by atoms with van der Waals surface area (Å²) >= 11 is 13.5. The van der Waals surface area contributed by atoms with E-state index in [1.807, 2.05) is 29.6 Å². The molecule has 0 bridgehead atoms. The molecule has 0 spiro atoms. The molecule has 1 amide bonds. The van der Waals surface area contributed by atoms with E-state index in [2.05, 4.69) is 5.32 Å². The Morgan fingerprint density at radius 3 is 2.32 bits per heavy atom. The Morgan fingerprint density at radius 1 is 1.21 bits per heavy atom. The summed E-state index contributed by atoms with van der Waals surface area (Å²) in [6.45, 7) is 5.25. The molecule has 1 N–H and O–H groups in total. The Labute approximate surface area is 177 Å². The van der Waals surface area contributed by atoms with Gasteiger partial charge in [-0.15, -0.1) is 34.5 Å². The molecule has 150 valence electrons. The fraction of sp³-hybridized carbons (Fsp3) is 0.400. The number of halogens is 2. The molecule has 1 atom stereocenters. The zero-order chi connectivity index (χ0) is 20.7. The van der Waals surface area contributed by atoms with Crippen LogP contribution in [-0.4, -0.2) is 29.4 Å². The first-order valence-corrected chi connectivity index (χ1v) is 10.4. The van der Waals surface area contributed by atoms with Crippen LogP contribution in [-0.2, 0) is 9.53 Å². The molecule has 0 radical (unpaired) electrons. The van der Waals surface area contributed by atoms with E-state index in [-0.39, 0.29) is 12.0 Å². The number of methoxy groups -OCH3 is 1. The number of hydrogen-bond acceptors (Lipinski definition) is 5. The Bertz CT molecular complexity index is 907. The molecular formula is C20H21Cl2NO4S. The number of benzene rings is 1. The van der Waals surface area contributed by atoms with Crippen molar-refractivity contribution in [2.24, 2.45) is 5.41 Å². The summed E-state index contributed by atoms with van der Waals surface area (Å²) in [5.74, 6) is -0.110. The lowest BCUT2D eigenvalue weighted by Crippen LogP contribution is -2.26. The van der Waals surface area contributed by atoms with Gasteiger partial charge in [-0.1, -0.05) is 12.1 Å². The van der Waals surface area contributed by atoms with Crippen LogP contribution in [0.4, 0.5) is 5.00 Å². The van der Waals surface area contributed by atoms with Gasteiger partial charge in [0.05, 0.1) is 18.6 Å². The maximum Gasteiger partial charge on any atom is 0.342 e. The average molecular weight is 442 g/mol. The summed E-state index contributed by atoms with van der Waals surface area (Å²) in [6.07, 6.45) is 0.0659. The second-order valence-corrected chi connectivity index (χ2v) is 9.57. The number of carbonyl (C=O) groups excluding carboxylic acids is 2. The minimum atomic E-state index is -1.09. The first-order valence-electron chi connectivity index (χ1n) is 8.75. The highest BCUT2D eigenvalue weighted by Crippen LogP contribution is 2.64. The fourth-order valence-corrected chi connectivity index (χ4v) is 4.45. The highest BCUT2D eigenvalue weighted by molar-refractivity contribution is 7.15. The van der Waals surface area contributed by atoms with Crippen LogP contribution >= 0.6 is 34.5 Å². The molecule has 0 aliphatic heterocycles. The second kappa shape index (κ2) is 7.58. The van der Waals surface area contributed by atoms with Crippen LogP contribution in [0.1, 0.15) is 37.6 Å². The maximum atomic E-state index is 12.8. The lowest BCUT2D eigenvalue weighted by atomic mass is 10.0. The predicted octanol–water partition coefficient (Wildman–Crippen LogP) is 5.51. The molecule has 2 aromatic rings. The zero-order valence-corrected chi connectivity index (χ0v) is 18.3. The number of hydrogen-bond donors (Lipinski definition) is 1. The standard InChI is InChI=1S/C20H21Cl2NO4S/c1-11(2)27-17(24)15-14(12-5-7-13(26-4)8-6-12)9-28-16(15)23-18(25)19(3)10-20(19,21)22/h5-9,11H,10H2,1-4H3,(H,23,25)/t19-/m0/s1. The van der Waals surface area contributed by atoms with Gasteiger partial charge in [-0.25, -0.2) is 4.79 Å². The van der Waals surface area contributed by atoms with Crippen LogP contribution in [0, 0.1) is 5.41 Å². The van der Waals surface area contributed by atoms with Crippen molar-refractivity contribution in [2.45, 2.75) is 37.6 Å². The van der Waals surface area contributed by atoms with Crippen molar-refractivity contribution in [3.05, 3.63) is 35.2 Å². The summed E-state index contributed by atoms with van der Waals surface area (Å²) in [5.41, 5.74) is 0.920. The van der Waals surface area contributed by atoms with Gasteiger partial charge >= 0.3 is 5.97 Å². The van der Waals surface area contributed by atoms with Gasteiger partial charge in [0.25, 0.3) is 0 Å². The lowest BCUT2D eigenvalue weighted by molar-refractivity contribution is -0.120. The number of esters is 1. The van der Waals surface area contributed by atoms with E-state index >= 15 is 0 Å². The Kier molecular flexibility index (Phi) is 5.67. The number of anilines is 1. The quantitative estimate of drug-likeness (QED) is 0.473. The number of rotatable bonds is 6. The number of nitrogens with one attached hydrogen (secondary N) is 1. The molecule has 1 aliphatic rings. The van der Waals surface area contributed by atoms with Crippen molar-refractivity contribution in [1.29, 1.82) is 0 Å². The van der Waals surface area contributed by atoms with E-state index in [1.165, 1.54) is 11.3 Å². The van der Waals surface area contributed by atoms with Crippen LogP contribution in [0.3, 0.4) is 0 Å². The van der Waals surface area contributed by atoms with E-state index in [0.29, 0.717) is 28.3 Å². The summed E-state index contributed by atoms with van der Waals surface area (Å²) in [6, 6.07) is 7.32. The minimum absolute atomic E-state index is 0.293. The third-order valence-corrected chi connectivity index (χ3v) is 6.72. The molecule has 28 heavy (non-hydrogen) atoms. The van der Waals surface area contributed by atoms with Gasteiger partial charge in [0, 0.05) is 10.9 Å². The molecule has 1 saturated carbocycles. The van der Waals surface area contributed by atoms with Crippen LogP contribution in [0.2, 0.25) is 0 Å². The molecule has 1 heterocycles. The van der Waals surface area contributed by atoms with E-state index < -0.39 is 15.7 Å². The van der Waals surface area contributed by atoms with Gasteiger partial charge < -0.3 is 14.8 Å². The first-order chi connectivity index (χ1) is 13.1. The average Bonchev–Trinajstić information content (AvgIpc) is 2.96. The van der Waals surface area contributed by atoms with Crippen LogP contribution in [0.15, 0.2) is 29.6 Å². The summed E-state index contributed by atoms with van der Waals surface area (Å²) in [4.78, 5) is 25.5. The molecule has 1 aromatic carbocycles. The van der Waals surface area contributed by atoms with Gasteiger partial charge in [0.15, 0.2) is 0 Å². The smallest absolute Gasteiger partial charge is 0.342 e. The number of thiophene rings is 1. The molecule has 0 saturated heterocycles. The highest BCUT2D eigenvalue weighted by atomic mass is 35.5. The van der Waals surface area contributed by atoms with E-state index in [9.17, 15) is 9.59 Å². The molecule has 1 fully saturated rings. The van der Waals surface area contributed by atoms with Crippen LogP contribution < -0.4 is 10.1 Å². The van der Waals surface area contributed by atoms with Gasteiger partial charge in [-0.05, 0) is 44.9 Å². The second-order valence-electron chi connectivity index (χ2n) is 7.20. The third-order valence-electron chi connectivity index (χ3n) is 4.72. The molecule has 1 aliphatic carbocycles. The van der Waals surface area contributed by atoms with E-state index in [4.69, 9.17) is 32.7 Å². The Morgan fingerprint density at radius 2 is 1.82 bits per heavy atom. The fourth-order valence-electron chi connectivity index (χ4n) is 2.80. The van der Waals surface area contributed by atoms with Crippen molar-refractivity contribution in [2.75, 3.05) is 12.4 Å². The Balaban J connectivity index is 1.97. The van der Waals surface area contributed by atoms with Gasteiger partial charge in [-0.2, -0.15) is 0 Å². The zero-order valence-electron chi connectivity index (χ0n) is 16.0. The molecule has 5 nitrogen and oxygen atoms in total. The highest BCUT2D eigenvalue weighted by Gasteiger charge is 2.68. The van der Waals surface area contributed by atoms with Crippen molar-refractivity contribution in [3.8, 4) is 16.9 Å². The van der Waals surface area contributed by atoms with Crippen molar-refractivity contribution in [3.63, 3.8) is 0 Å². The van der Waals surface area contributed by atoms with Gasteiger partial charge in [0.2, 0.25) is 5.91 Å². The topological polar surface area (TPSA) is 64.6 Å². The summed E-state index contributed by atoms with van der Waals surface area (Å²) in [5, 5.41) is 5.05. The van der Waals surface area contributed by atoms with Crippen LogP contribution in [0.5, 0.6) is 5.75 Å². The first kappa shape index (κ1) is 21.0. The third kappa shape index (κ3) is 3.86. The lowest BCUT2D eigenvalue weighted by Gasteiger charge is -2.14. The van der Waals surface area contributed by atoms with Crippen molar-refractivity contribution >= 4 is 51.4 Å². The molecule has 8 heteroatoms. The van der Waals surface area contributed by atoms with Gasteiger partial charge in [-0.3, -0.25) is 4.79 Å². The maximum absolute atomic E-state index is 12.8. The molecule has 0 unspecified atom stereocenters. The van der Waals surface area contributed by atoms with Crippen molar-refractivity contribution in [1.82, 2.24) is 0 Å². The summed E-state index contributed by atoms with van der Waals surface area (Å²) < 4.78 is 9.50. The van der Waals surface area contributed by atoms with E-state index in [0.717, 1.165) is 5.56 Å². The van der Waals surface area contributed by atoms with E-state index in [1.54, 1.807) is 27.9 Å².